The fourth-order valence-electron chi connectivity index (χ4n) is 3.28. The number of benzene rings is 2. The van der Waals surface area contributed by atoms with Crippen LogP contribution in [0.2, 0.25) is 0 Å². The maximum Gasteiger partial charge on any atom is 0.338 e. The van der Waals surface area contributed by atoms with Gasteiger partial charge in [-0.05, 0) is 48.6 Å². The first-order valence-electron chi connectivity index (χ1n) is 8.95. The van der Waals surface area contributed by atoms with Gasteiger partial charge in [-0.15, -0.1) is 0 Å². The molecule has 1 atom stereocenters. The predicted octanol–water partition coefficient (Wildman–Crippen LogP) is 3.00. The summed E-state index contributed by atoms with van der Waals surface area (Å²) < 4.78 is 5.12. The lowest BCUT2D eigenvalue weighted by molar-refractivity contribution is -0.125. The summed E-state index contributed by atoms with van der Waals surface area (Å²) in [6.07, 6.45) is 2.90. The van der Waals surface area contributed by atoms with Crippen LogP contribution in [0, 0.1) is 0 Å². The number of hydrogen-bond donors (Lipinski definition) is 2. The maximum atomic E-state index is 12.2. The number of anilines is 1. The smallest absolute Gasteiger partial charge is 0.338 e. The first-order chi connectivity index (χ1) is 13.0. The first kappa shape index (κ1) is 18.6. The number of hydrogen-bond acceptors (Lipinski definition) is 4. The van der Waals surface area contributed by atoms with E-state index in [1.54, 1.807) is 18.2 Å². The molecule has 0 radical (unpaired) electrons. The highest BCUT2D eigenvalue weighted by Gasteiger charge is 2.22. The number of ether oxygens (including phenoxy) is 1. The second-order valence-corrected chi connectivity index (χ2v) is 6.55. The van der Waals surface area contributed by atoms with Crippen LogP contribution in [0.5, 0.6) is 0 Å². The third kappa shape index (κ3) is 4.94. The van der Waals surface area contributed by atoms with Crippen molar-refractivity contribution < 1.29 is 19.1 Å². The fraction of sp³-hybridized carbons (Fsp3) is 0.286. The Morgan fingerprint density at radius 1 is 1.11 bits per heavy atom. The number of rotatable bonds is 5. The highest BCUT2D eigenvalue weighted by atomic mass is 16.5. The molecule has 0 spiro atoms. The monoisotopic (exact) mass is 366 g/mol. The van der Waals surface area contributed by atoms with E-state index in [0.717, 1.165) is 24.8 Å². The molecule has 0 saturated heterocycles. The van der Waals surface area contributed by atoms with Crippen molar-refractivity contribution in [1.29, 1.82) is 0 Å². The number of esters is 1. The van der Waals surface area contributed by atoms with E-state index < -0.39 is 5.97 Å². The molecule has 1 aliphatic carbocycles. The van der Waals surface area contributed by atoms with Crippen molar-refractivity contribution in [3.63, 3.8) is 0 Å². The Balaban J connectivity index is 1.55. The molecule has 2 N–H and O–H groups in total. The molecule has 2 aromatic rings. The van der Waals surface area contributed by atoms with E-state index in [2.05, 4.69) is 16.7 Å². The summed E-state index contributed by atoms with van der Waals surface area (Å²) in [5.41, 5.74) is 3.16. The standard InChI is InChI=1S/C21H22N2O4/c1-14(24)22-17-9-4-8-16(12-17)21(26)27-13-20(25)23-19-11-5-7-15-6-2-3-10-18(15)19/h2-4,6,8-10,12,19H,5,7,11,13H2,1H3,(H,22,24)(H,23,25)/t19-/m0/s1. The molecule has 0 unspecified atom stereocenters. The van der Waals surface area contributed by atoms with Crippen molar-refractivity contribution >= 4 is 23.5 Å². The second kappa shape index (κ2) is 8.49. The Bertz CT molecular complexity index is 863. The summed E-state index contributed by atoms with van der Waals surface area (Å²) in [6.45, 7) is 1.04. The lowest BCUT2D eigenvalue weighted by atomic mass is 9.88. The van der Waals surface area contributed by atoms with Gasteiger partial charge in [-0.1, -0.05) is 30.3 Å². The Kier molecular flexibility index (Phi) is 5.86. The molecule has 1 aliphatic rings. The van der Waals surface area contributed by atoms with Crippen LogP contribution in [0.3, 0.4) is 0 Å². The van der Waals surface area contributed by atoms with Gasteiger partial charge in [0.05, 0.1) is 11.6 Å². The lowest BCUT2D eigenvalue weighted by Crippen LogP contribution is -2.34. The van der Waals surface area contributed by atoms with E-state index in [4.69, 9.17) is 4.74 Å². The number of carbonyl (C=O) groups excluding carboxylic acids is 3. The van der Waals surface area contributed by atoms with Crippen molar-refractivity contribution in [3.05, 3.63) is 65.2 Å². The largest absolute Gasteiger partial charge is 0.452 e. The summed E-state index contributed by atoms with van der Waals surface area (Å²) >= 11 is 0. The zero-order valence-electron chi connectivity index (χ0n) is 15.2. The molecular weight excluding hydrogens is 344 g/mol. The Labute approximate surface area is 157 Å². The molecule has 0 saturated carbocycles. The van der Waals surface area contributed by atoms with Crippen LogP contribution in [0.15, 0.2) is 48.5 Å². The minimum absolute atomic E-state index is 0.0516. The molecule has 6 nitrogen and oxygen atoms in total. The molecule has 0 fully saturated rings. The van der Waals surface area contributed by atoms with Gasteiger partial charge in [-0.2, -0.15) is 0 Å². The van der Waals surface area contributed by atoms with Crippen LogP contribution in [-0.2, 0) is 20.7 Å². The van der Waals surface area contributed by atoms with Gasteiger partial charge in [0.1, 0.15) is 0 Å². The molecule has 27 heavy (non-hydrogen) atoms. The van der Waals surface area contributed by atoms with Crippen molar-refractivity contribution in [2.75, 3.05) is 11.9 Å². The van der Waals surface area contributed by atoms with Crippen LogP contribution in [0.25, 0.3) is 0 Å². The van der Waals surface area contributed by atoms with Crippen LogP contribution < -0.4 is 10.6 Å². The Hall–Kier alpha value is -3.15. The summed E-state index contributed by atoms with van der Waals surface area (Å²) in [5, 5.41) is 5.55. The van der Waals surface area contributed by atoms with Gasteiger partial charge >= 0.3 is 5.97 Å². The van der Waals surface area contributed by atoms with E-state index in [0.29, 0.717) is 5.69 Å². The van der Waals surface area contributed by atoms with Crippen molar-refractivity contribution in [2.24, 2.45) is 0 Å². The lowest BCUT2D eigenvalue weighted by Gasteiger charge is -2.26. The number of carbonyl (C=O) groups is 3. The highest BCUT2D eigenvalue weighted by Crippen LogP contribution is 2.29. The van der Waals surface area contributed by atoms with E-state index in [-0.39, 0.29) is 30.0 Å². The van der Waals surface area contributed by atoms with Crippen molar-refractivity contribution in [1.82, 2.24) is 5.32 Å². The molecule has 3 rings (SSSR count). The maximum absolute atomic E-state index is 12.2. The molecule has 2 aromatic carbocycles. The van der Waals surface area contributed by atoms with Crippen LogP contribution in [0.1, 0.15) is 47.3 Å². The van der Waals surface area contributed by atoms with Crippen LogP contribution >= 0.6 is 0 Å². The molecular formula is C21H22N2O4. The molecule has 2 amide bonds. The van der Waals surface area contributed by atoms with Crippen LogP contribution in [-0.4, -0.2) is 24.4 Å². The summed E-state index contributed by atoms with van der Waals surface area (Å²) in [4.78, 5) is 35.5. The van der Waals surface area contributed by atoms with Crippen LogP contribution in [0.4, 0.5) is 5.69 Å². The van der Waals surface area contributed by atoms with Gasteiger partial charge in [-0.25, -0.2) is 4.79 Å². The number of aryl methyl sites for hydroxylation is 1. The van der Waals surface area contributed by atoms with Gasteiger partial charge in [0.2, 0.25) is 5.91 Å². The predicted molar refractivity (Wildman–Crippen MR) is 101 cm³/mol. The molecule has 0 aromatic heterocycles. The average Bonchev–Trinajstić information content (AvgIpc) is 2.66. The summed E-state index contributed by atoms with van der Waals surface area (Å²) in [7, 11) is 0. The van der Waals surface area contributed by atoms with E-state index in [1.807, 2.05) is 18.2 Å². The molecule has 140 valence electrons. The van der Waals surface area contributed by atoms with E-state index >= 15 is 0 Å². The van der Waals surface area contributed by atoms with Gasteiger partial charge in [0.15, 0.2) is 6.61 Å². The van der Waals surface area contributed by atoms with Gasteiger partial charge in [0, 0.05) is 12.6 Å². The van der Waals surface area contributed by atoms with Gasteiger partial charge < -0.3 is 15.4 Å². The number of amides is 2. The average molecular weight is 366 g/mol. The van der Waals surface area contributed by atoms with E-state index in [1.165, 1.54) is 18.6 Å². The number of nitrogens with one attached hydrogen (secondary N) is 2. The Morgan fingerprint density at radius 3 is 2.74 bits per heavy atom. The summed E-state index contributed by atoms with van der Waals surface area (Å²) in [5.74, 6) is -1.17. The van der Waals surface area contributed by atoms with E-state index in [9.17, 15) is 14.4 Å². The minimum Gasteiger partial charge on any atom is -0.452 e. The number of fused-ring (bicyclic) bond motifs is 1. The van der Waals surface area contributed by atoms with Crippen molar-refractivity contribution in [2.45, 2.75) is 32.2 Å². The highest BCUT2D eigenvalue weighted by molar-refractivity contribution is 5.94. The van der Waals surface area contributed by atoms with Crippen molar-refractivity contribution in [3.8, 4) is 0 Å². The van der Waals surface area contributed by atoms with Gasteiger partial charge in [-0.3, -0.25) is 9.59 Å². The third-order valence-corrected chi connectivity index (χ3v) is 4.46. The fourth-order valence-corrected chi connectivity index (χ4v) is 3.28. The SMILES string of the molecule is CC(=O)Nc1cccc(C(=O)OCC(=O)N[C@H]2CCCc3ccccc32)c1. The first-order valence-corrected chi connectivity index (χ1v) is 8.95. The normalized spacial score (nSPS) is 15.4. The second-order valence-electron chi connectivity index (χ2n) is 6.55. The summed E-state index contributed by atoms with van der Waals surface area (Å²) in [6, 6.07) is 14.4. The quantitative estimate of drug-likeness (QED) is 0.797. The zero-order valence-corrected chi connectivity index (χ0v) is 15.2. The molecule has 0 bridgehead atoms. The molecule has 0 heterocycles. The van der Waals surface area contributed by atoms with Gasteiger partial charge in [0.25, 0.3) is 5.91 Å². The Morgan fingerprint density at radius 2 is 1.93 bits per heavy atom. The molecule has 0 aliphatic heterocycles. The minimum atomic E-state index is -0.610. The topological polar surface area (TPSA) is 84.5 Å². The molecule has 6 heteroatoms. The zero-order chi connectivity index (χ0) is 19.2. The third-order valence-electron chi connectivity index (χ3n) is 4.46.